The average molecular weight is 298 g/mol. The van der Waals surface area contributed by atoms with Gasteiger partial charge in [-0.1, -0.05) is 27.2 Å². The van der Waals surface area contributed by atoms with Gasteiger partial charge in [-0.2, -0.15) is 0 Å². The van der Waals surface area contributed by atoms with Crippen LogP contribution >= 0.6 is 0 Å². The van der Waals surface area contributed by atoms with Crippen molar-refractivity contribution < 1.29 is 14.3 Å². The number of nitrogens with one attached hydrogen (secondary N) is 1. The monoisotopic (exact) mass is 298 g/mol. The Balaban J connectivity index is 2.66. The van der Waals surface area contributed by atoms with E-state index in [0.717, 1.165) is 12.8 Å². The molecule has 0 aromatic heterocycles. The van der Waals surface area contributed by atoms with Crippen molar-refractivity contribution in [3.05, 3.63) is 0 Å². The highest BCUT2D eigenvalue weighted by molar-refractivity contribution is 5.99. The van der Waals surface area contributed by atoms with E-state index in [9.17, 15) is 9.59 Å². The molecule has 1 unspecified atom stereocenters. The number of unbranched alkanes of at least 4 members (excludes halogenated alkanes) is 1. The Morgan fingerprint density at radius 2 is 1.95 bits per heavy atom. The number of carbonyl (C=O) groups is 2. The summed E-state index contributed by atoms with van der Waals surface area (Å²) in [5, 5.41) is 2.86. The Hall–Kier alpha value is -1.10. The first-order valence-electron chi connectivity index (χ1n) is 8.00. The average Bonchev–Trinajstić information content (AvgIpc) is 2.39. The smallest absolute Gasteiger partial charge is 0.246 e. The van der Waals surface area contributed by atoms with Crippen LogP contribution in [0.15, 0.2) is 0 Å². The molecule has 0 aromatic carbocycles. The van der Waals surface area contributed by atoms with Crippen LogP contribution in [0.3, 0.4) is 0 Å². The van der Waals surface area contributed by atoms with E-state index in [2.05, 4.69) is 26.1 Å². The third-order valence-corrected chi connectivity index (χ3v) is 3.91. The van der Waals surface area contributed by atoms with E-state index in [1.165, 1.54) is 0 Å². The van der Waals surface area contributed by atoms with Gasteiger partial charge >= 0.3 is 0 Å². The van der Waals surface area contributed by atoms with Crippen LogP contribution in [-0.4, -0.2) is 48.1 Å². The van der Waals surface area contributed by atoms with Crippen LogP contribution < -0.4 is 5.32 Å². The number of nitrogens with zero attached hydrogens (tertiary/aromatic N) is 1. The van der Waals surface area contributed by atoms with Gasteiger partial charge in [0.25, 0.3) is 0 Å². The predicted octanol–water partition coefficient (Wildman–Crippen LogP) is 1.95. The van der Waals surface area contributed by atoms with Gasteiger partial charge in [-0.05, 0) is 32.6 Å². The minimum atomic E-state index is -0.807. The number of hydrogen-bond donors (Lipinski definition) is 1. The van der Waals surface area contributed by atoms with E-state index in [1.807, 2.05) is 0 Å². The Bertz CT molecular complexity index is 367. The first-order chi connectivity index (χ1) is 9.80. The zero-order valence-electron chi connectivity index (χ0n) is 14.1. The van der Waals surface area contributed by atoms with Crippen molar-refractivity contribution in [1.82, 2.24) is 10.2 Å². The third-order valence-electron chi connectivity index (χ3n) is 3.91. The number of piperazine rings is 1. The normalized spacial score (nSPS) is 21.8. The first kappa shape index (κ1) is 18.0. The minimum absolute atomic E-state index is 0.00684. The molecule has 1 rings (SSSR count). The zero-order chi connectivity index (χ0) is 16.0. The van der Waals surface area contributed by atoms with E-state index in [0.29, 0.717) is 32.1 Å². The number of hydrogen-bond acceptors (Lipinski definition) is 3. The highest BCUT2D eigenvalue weighted by atomic mass is 16.5. The molecule has 1 aliphatic rings. The quantitative estimate of drug-likeness (QED) is 0.697. The number of rotatable bonds is 8. The summed E-state index contributed by atoms with van der Waals surface area (Å²) in [5.74, 6) is 0.289. The molecule has 122 valence electrons. The first-order valence-corrected chi connectivity index (χ1v) is 8.00. The molecule has 1 aliphatic heterocycles. The molecule has 0 saturated carbocycles. The van der Waals surface area contributed by atoms with E-state index in [-0.39, 0.29) is 11.8 Å². The fourth-order valence-corrected chi connectivity index (χ4v) is 2.51. The van der Waals surface area contributed by atoms with E-state index < -0.39 is 11.6 Å². The standard InChI is InChI=1S/C16H30N2O3/c1-6-7-9-21-10-8-18-14(19)13(11-12(2)3)17-15(20)16(18,4)5/h12-13H,6-11H2,1-5H3,(H,17,20). The van der Waals surface area contributed by atoms with Crippen molar-refractivity contribution in [3.8, 4) is 0 Å². The maximum atomic E-state index is 12.6. The summed E-state index contributed by atoms with van der Waals surface area (Å²) < 4.78 is 5.54. The molecule has 1 fully saturated rings. The van der Waals surface area contributed by atoms with E-state index >= 15 is 0 Å². The van der Waals surface area contributed by atoms with Crippen molar-refractivity contribution >= 4 is 11.8 Å². The molecular formula is C16H30N2O3. The summed E-state index contributed by atoms with van der Waals surface area (Å²) in [6, 6.07) is -0.402. The lowest BCUT2D eigenvalue weighted by molar-refractivity contribution is -0.156. The van der Waals surface area contributed by atoms with Gasteiger partial charge in [0.15, 0.2) is 0 Å². The summed E-state index contributed by atoms with van der Waals surface area (Å²) in [5.41, 5.74) is -0.807. The molecule has 1 heterocycles. The molecule has 1 N–H and O–H groups in total. The van der Waals surface area contributed by atoms with Crippen LogP contribution in [0.2, 0.25) is 0 Å². The maximum Gasteiger partial charge on any atom is 0.246 e. The van der Waals surface area contributed by atoms with Gasteiger partial charge in [-0.3, -0.25) is 9.59 Å². The summed E-state index contributed by atoms with van der Waals surface area (Å²) >= 11 is 0. The molecule has 0 spiro atoms. The van der Waals surface area contributed by atoms with Crippen LogP contribution in [0.25, 0.3) is 0 Å². The molecule has 5 nitrogen and oxygen atoms in total. The molecule has 0 bridgehead atoms. The fourth-order valence-electron chi connectivity index (χ4n) is 2.51. The van der Waals surface area contributed by atoms with Crippen LogP contribution in [-0.2, 0) is 14.3 Å². The Labute approximate surface area is 128 Å². The fraction of sp³-hybridized carbons (Fsp3) is 0.875. The zero-order valence-corrected chi connectivity index (χ0v) is 14.1. The van der Waals surface area contributed by atoms with Crippen molar-refractivity contribution in [2.45, 2.75) is 65.5 Å². The Kier molecular flexibility index (Phi) is 6.65. The third kappa shape index (κ3) is 4.70. The van der Waals surface area contributed by atoms with Crippen LogP contribution in [0.5, 0.6) is 0 Å². The molecule has 0 aliphatic carbocycles. The molecule has 21 heavy (non-hydrogen) atoms. The molecule has 1 saturated heterocycles. The highest BCUT2D eigenvalue weighted by Gasteiger charge is 2.45. The number of carbonyl (C=O) groups excluding carboxylic acids is 2. The van der Waals surface area contributed by atoms with E-state index in [1.54, 1.807) is 18.7 Å². The molecule has 5 heteroatoms. The Morgan fingerprint density at radius 1 is 1.29 bits per heavy atom. The van der Waals surface area contributed by atoms with Crippen molar-refractivity contribution in [1.29, 1.82) is 0 Å². The molecule has 1 atom stereocenters. The second kappa shape index (κ2) is 7.78. The van der Waals surface area contributed by atoms with Crippen molar-refractivity contribution in [2.75, 3.05) is 19.8 Å². The highest BCUT2D eigenvalue weighted by Crippen LogP contribution is 2.23. The summed E-state index contributed by atoms with van der Waals surface area (Å²) in [6.07, 6.45) is 2.79. The topological polar surface area (TPSA) is 58.6 Å². The van der Waals surface area contributed by atoms with Gasteiger partial charge in [0, 0.05) is 13.2 Å². The van der Waals surface area contributed by atoms with Gasteiger partial charge in [0.05, 0.1) is 6.61 Å². The van der Waals surface area contributed by atoms with Crippen molar-refractivity contribution in [2.24, 2.45) is 5.92 Å². The van der Waals surface area contributed by atoms with Gasteiger partial charge in [0.1, 0.15) is 11.6 Å². The predicted molar refractivity (Wildman–Crippen MR) is 82.9 cm³/mol. The molecular weight excluding hydrogens is 268 g/mol. The molecule has 0 radical (unpaired) electrons. The second-order valence-corrected chi connectivity index (χ2v) is 6.67. The maximum absolute atomic E-state index is 12.6. The lowest BCUT2D eigenvalue weighted by Crippen LogP contribution is -2.68. The largest absolute Gasteiger partial charge is 0.380 e. The van der Waals surface area contributed by atoms with Crippen LogP contribution in [0.4, 0.5) is 0 Å². The summed E-state index contributed by atoms with van der Waals surface area (Å²) in [6.45, 7) is 11.5. The number of ether oxygens (including phenoxy) is 1. The minimum Gasteiger partial charge on any atom is -0.380 e. The summed E-state index contributed by atoms with van der Waals surface area (Å²) in [4.78, 5) is 26.5. The molecule has 2 amide bonds. The van der Waals surface area contributed by atoms with E-state index in [4.69, 9.17) is 4.74 Å². The van der Waals surface area contributed by atoms with Crippen molar-refractivity contribution in [3.63, 3.8) is 0 Å². The number of amides is 2. The van der Waals surface area contributed by atoms with Gasteiger partial charge < -0.3 is 15.0 Å². The SMILES string of the molecule is CCCCOCCN1C(=O)C(CC(C)C)NC(=O)C1(C)C. The molecule has 0 aromatic rings. The Morgan fingerprint density at radius 3 is 2.52 bits per heavy atom. The van der Waals surface area contributed by atoms with Crippen LogP contribution in [0.1, 0.15) is 53.9 Å². The van der Waals surface area contributed by atoms with Gasteiger partial charge in [-0.25, -0.2) is 0 Å². The lowest BCUT2D eigenvalue weighted by Gasteiger charge is -2.44. The van der Waals surface area contributed by atoms with Gasteiger partial charge in [0.2, 0.25) is 11.8 Å². The summed E-state index contributed by atoms with van der Waals surface area (Å²) in [7, 11) is 0. The second-order valence-electron chi connectivity index (χ2n) is 6.67. The van der Waals surface area contributed by atoms with Gasteiger partial charge in [-0.15, -0.1) is 0 Å². The van der Waals surface area contributed by atoms with Crippen LogP contribution in [0, 0.1) is 5.92 Å². The lowest BCUT2D eigenvalue weighted by atomic mass is 9.92.